The van der Waals surface area contributed by atoms with Crippen molar-refractivity contribution in [2.24, 2.45) is 5.41 Å². The first kappa shape index (κ1) is 17.8. The molecule has 0 saturated carbocycles. The summed E-state index contributed by atoms with van der Waals surface area (Å²) in [6.07, 6.45) is 4.04. The highest BCUT2D eigenvalue weighted by molar-refractivity contribution is 5.96. The van der Waals surface area contributed by atoms with E-state index >= 15 is 0 Å². The van der Waals surface area contributed by atoms with E-state index < -0.39 is 5.41 Å². The molecule has 0 aliphatic carbocycles. The van der Waals surface area contributed by atoms with Crippen molar-refractivity contribution in [2.75, 3.05) is 19.6 Å². The quantitative estimate of drug-likeness (QED) is 0.837. The molecule has 2 aliphatic heterocycles. The zero-order valence-electron chi connectivity index (χ0n) is 15.9. The van der Waals surface area contributed by atoms with Crippen LogP contribution in [0.25, 0.3) is 0 Å². The van der Waals surface area contributed by atoms with Gasteiger partial charge in [0, 0.05) is 25.3 Å². The minimum atomic E-state index is -0.449. The molecule has 0 radical (unpaired) electrons. The number of aryl methyl sites for hydroxylation is 2. The lowest BCUT2D eigenvalue weighted by molar-refractivity contribution is -0.138. The van der Waals surface area contributed by atoms with E-state index in [9.17, 15) is 9.59 Å². The van der Waals surface area contributed by atoms with Crippen LogP contribution in [0.2, 0.25) is 0 Å². The Morgan fingerprint density at radius 1 is 1.22 bits per heavy atom. The molecule has 4 heterocycles. The lowest BCUT2D eigenvalue weighted by atomic mass is 9.78. The van der Waals surface area contributed by atoms with Crippen LogP contribution < -0.4 is 0 Å². The highest BCUT2D eigenvalue weighted by Gasteiger charge is 2.49. The Bertz CT molecular complexity index is 875. The van der Waals surface area contributed by atoms with Crippen molar-refractivity contribution in [2.45, 2.75) is 39.7 Å². The Morgan fingerprint density at radius 3 is 2.81 bits per heavy atom. The Balaban J connectivity index is 1.49. The van der Waals surface area contributed by atoms with Gasteiger partial charge in [-0.1, -0.05) is 6.07 Å². The maximum absolute atomic E-state index is 13.2. The Hall–Kier alpha value is -2.63. The van der Waals surface area contributed by atoms with E-state index in [0.29, 0.717) is 31.0 Å². The highest BCUT2D eigenvalue weighted by Crippen LogP contribution is 2.41. The monoisotopic (exact) mass is 367 g/mol. The number of amides is 2. The van der Waals surface area contributed by atoms with Crippen LogP contribution in [-0.4, -0.2) is 46.2 Å². The summed E-state index contributed by atoms with van der Waals surface area (Å²) in [6.45, 7) is 6.20. The van der Waals surface area contributed by atoms with E-state index in [1.54, 1.807) is 19.3 Å². The average Bonchev–Trinajstić information content (AvgIpc) is 3.21. The van der Waals surface area contributed by atoms with Crippen LogP contribution in [0.1, 0.15) is 46.8 Å². The van der Waals surface area contributed by atoms with Gasteiger partial charge in [0.05, 0.1) is 29.5 Å². The predicted molar refractivity (Wildman–Crippen MR) is 100 cm³/mol. The first-order valence-electron chi connectivity index (χ1n) is 9.54. The van der Waals surface area contributed by atoms with Crippen LogP contribution in [-0.2, 0) is 11.3 Å². The zero-order valence-corrected chi connectivity index (χ0v) is 15.9. The number of carbonyl (C=O) groups excluding carboxylic acids is 2. The number of nitrogens with zero attached hydrogens (tertiary/aromatic N) is 3. The van der Waals surface area contributed by atoms with E-state index in [2.05, 4.69) is 4.98 Å². The van der Waals surface area contributed by atoms with Gasteiger partial charge < -0.3 is 14.2 Å². The van der Waals surface area contributed by atoms with Crippen molar-refractivity contribution in [3.8, 4) is 0 Å². The predicted octanol–water partition coefficient (Wildman–Crippen LogP) is 2.95. The van der Waals surface area contributed by atoms with Gasteiger partial charge >= 0.3 is 0 Å². The van der Waals surface area contributed by atoms with Crippen molar-refractivity contribution in [1.29, 1.82) is 0 Å². The van der Waals surface area contributed by atoms with Gasteiger partial charge in [-0.3, -0.25) is 14.6 Å². The summed E-state index contributed by atoms with van der Waals surface area (Å²) in [5.74, 6) is 0.753. The van der Waals surface area contributed by atoms with Crippen LogP contribution in [0.4, 0.5) is 0 Å². The summed E-state index contributed by atoms with van der Waals surface area (Å²) in [5, 5.41) is 0. The lowest BCUT2D eigenvalue weighted by Gasteiger charge is -2.39. The number of likely N-dealkylation sites (tertiary alicyclic amines) is 2. The maximum atomic E-state index is 13.2. The number of aromatic nitrogens is 1. The van der Waals surface area contributed by atoms with Crippen molar-refractivity contribution in [1.82, 2.24) is 14.8 Å². The largest absolute Gasteiger partial charge is 0.469 e. The Labute approximate surface area is 159 Å². The fourth-order valence-electron chi connectivity index (χ4n) is 4.39. The molecular weight excluding hydrogens is 342 g/mol. The number of carbonyl (C=O) groups is 2. The van der Waals surface area contributed by atoms with Crippen LogP contribution in [0.3, 0.4) is 0 Å². The molecular formula is C21H25N3O3. The molecule has 2 amide bonds. The summed E-state index contributed by atoms with van der Waals surface area (Å²) < 4.78 is 5.28. The molecule has 1 atom stereocenters. The summed E-state index contributed by atoms with van der Waals surface area (Å²) in [7, 11) is 0. The van der Waals surface area contributed by atoms with Gasteiger partial charge in [-0.15, -0.1) is 0 Å². The van der Waals surface area contributed by atoms with Crippen molar-refractivity contribution >= 4 is 11.8 Å². The highest BCUT2D eigenvalue weighted by atomic mass is 16.3. The third-order valence-corrected chi connectivity index (χ3v) is 5.85. The number of pyridine rings is 1. The van der Waals surface area contributed by atoms with E-state index in [4.69, 9.17) is 4.42 Å². The molecule has 27 heavy (non-hydrogen) atoms. The van der Waals surface area contributed by atoms with Crippen LogP contribution >= 0.6 is 0 Å². The molecule has 142 valence electrons. The minimum Gasteiger partial charge on any atom is -0.469 e. The minimum absolute atomic E-state index is 0.0353. The molecule has 6 nitrogen and oxygen atoms in total. The molecule has 0 bridgehead atoms. The van der Waals surface area contributed by atoms with Crippen molar-refractivity contribution in [3.05, 3.63) is 53.2 Å². The van der Waals surface area contributed by atoms with Crippen LogP contribution in [0, 0.1) is 19.3 Å². The fourth-order valence-corrected chi connectivity index (χ4v) is 4.39. The summed E-state index contributed by atoms with van der Waals surface area (Å²) in [5.41, 5.74) is 2.02. The molecule has 2 saturated heterocycles. The standard InChI is InChI=1S/C21H25N3O3/c1-15-5-3-6-17(22-15)13-23-11-9-21(20(23)26)8-4-10-24(14-21)19(25)18-7-12-27-16(18)2/h3,5-7,12H,4,8-11,13-14H2,1-2H3/t21-/m1/s1. The average molecular weight is 367 g/mol. The number of hydrogen-bond donors (Lipinski definition) is 0. The summed E-state index contributed by atoms with van der Waals surface area (Å²) in [6, 6.07) is 7.61. The van der Waals surface area contributed by atoms with E-state index in [-0.39, 0.29) is 11.8 Å². The third kappa shape index (κ3) is 3.24. The van der Waals surface area contributed by atoms with Crippen molar-refractivity contribution in [3.63, 3.8) is 0 Å². The van der Waals surface area contributed by atoms with Gasteiger partial charge in [0.15, 0.2) is 0 Å². The molecule has 2 aromatic heterocycles. The first-order valence-corrected chi connectivity index (χ1v) is 9.54. The first-order chi connectivity index (χ1) is 13.0. The van der Waals surface area contributed by atoms with Gasteiger partial charge in [-0.05, 0) is 51.3 Å². The molecule has 2 fully saturated rings. The Kier molecular flexibility index (Phi) is 4.50. The van der Waals surface area contributed by atoms with Gasteiger partial charge in [0.2, 0.25) is 5.91 Å². The van der Waals surface area contributed by atoms with Crippen LogP contribution in [0.15, 0.2) is 34.9 Å². The number of piperidine rings is 1. The number of rotatable bonds is 3. The molecule has 2 aromatic rings. The second-order valence-electron chi connectivity index (χ2n) is 7.75. The fraction of sp³-hybridized carbons (Fsp3) is 0.476. The van der Waals surface area contributed by atoms with Gasteiger partial charge in [-0.25, -0.2) is 0 Å². The summed E-state index contributed by atoms with van der Waals surface area (Å²) in [4.78, 5) is 34.4. The van der Waals surface area contributed by atoms with Gasteiger partial charge in [-0.2, -0.15) is 0 Å². The Morgan fingerprint density at radius 2 is 2.07 bits per heavy atom. The van der Waals surface area contributed by atoms with Gasteiger partial charge in [0.25, 0.3) is 5.91 Å². The smallest absolute Gasteiger partial charge is 0.257 e. The molecule has 4 rings (SSSR count). The molecule has 6 heteroatoms. The second kappa shape index (κ2) is 6.83. The van der Waals surface area contributed by atoms with E-state index in [1.807, 2.05) is 34.9 Å². The normalized spacial score (nSPS) is 22.7. The van der Waals surface area contributed by atoms with E-state index in [1.165, 1.54) is 0 Å². The third-order valence-electron chi connectivity index (χ3n) is 5.85. The van der Waals surface area contributed by atoms with Gasteiger partial charge in [0.1, 0.15) is 5.76 Å². The lowest BCUT2D eigenvalue weighted by Crippen LogP contribution is -2.49. The molecule has 0 N–H and O–H groups in total. The molecule has 2 aliphatic rings. The topological polar surface area (TPSA) is 66.7 Å². The zero-order chi connectivity index (χ0) is 19.0. The molecule has 0 aromatic carbocycles. The van der Waals surface area contributed by atoms with E-state index in [0.717, 1.165) is 37.2 Å². The maximum Gasteiger partial charge on any atom is 0.257 e. The second-order valence-corrected chi connectivity index (χ2v) is 7.75. The molecule has 1 spiro atoms. The van der Waals surface area contributed by atoms with Crippen LogP contribution in [0.5, 0.6) is 0 Å². The molecule has 0 unspecified atom stereocenters. The SMILES string of the molecule is Cc1cccc(CN2CC[C@@]3(CCCN(C(=O)c4ccoc4C)C3)C2=O)n1. The number of furan rings is 1. The number of hydrogen-bond acceptors (Lipinski definition) is 4. The van der Waals surface area contributed by atoms with Crippen molar-refractivity contribution < 1.29 is 14.0 Å². The summed E-state index contributed by atoms with van der Waals surface area (Å²) >= 11 is 0.